The summed E-state index contributed by atoms with van der Waals surface area (Å²) in [6.07, 6.45) is 2.99. The van der Waals surface area contributed by atoms with Crippen LogP contribution in [0.5, 0.6) is 0 Å². The number of thioether (sulfide) groups is 1. The monoisotopic (exact) mass is 242 g/mol. The van der Waals surface area contributed by atoms with E-state index in [4.69, 9.17) is 4.74 Å². The Kier molecular flexibility index (Phi) is 3.36. The van der Waals surface area contributed by atoms with Gasteiger partial charge in [-0.25, -0.2) is 4.90 Å². The van der Waals surface area contributed by atoms with Crippen molar-refractivity contribution in [3.63, 3.8) is 0 Å². The van der Waals surface area contributed by atoms with Crippen LogP contribution >= 0.6 is 11.8 Å². The quantitative estimate of drug-likeness (QED) is 0.765. The van der Waals surface area contributed by atoms with Gasteiger partial charge in [0.15, 0.2) is 0 Å². The summed E-state index contributed by atoms with van der Waals surface area (Å²) in [6, 6.07) is 0. The molecule has 2 aliphatic rings. The number of rotatable bonds is 3. The summed E-state index contributed by atoms with van der Waals surface area (Å²) in [5.41, 5.74) is 0.386. The first-order valence-corrected chi connectivity index (χ1v) is 6.93. The van der Waals surface area contributed by atoms with Crippen molar-refractivity contribution in [3.05, 3.63) is 12.7 Å². The molecule has 0 spiro atoms. The maximum Gasteiger partial charge on any atom is 0.122 e. The molecule has 2 saturated heterocycles. The predicted molar refractivity (Wildman–Crippen MR) is 69.3 cm³/mol. The zero-order chi connectivity index (χ0) is 11.8. The number of fused-ring (bicyclic) bond motifs is 1. The van der Waals surface area contributed by atoms with Crippen molar-refractivity contribution in [1.82, 2.24) is 10.2 Å². The molecule has 0 aliphatic carbocycles. The summed E-state index contributed by atoms with van der Waals surface area (Å²) < 4.78 is 5.94. The van der Waals surface area contributed by atoms with Crippen molar-refractivity contribution in [2.75, 3.05) is 18.9 Å². The second-order valence-corrected chi connectivity index (χ2v) is 6.51. The summed E-state index contributed by atoms with van der Waals surface area (Å²) in [6.45, 7) is 12.4. The predicted octanol–water partition coefficient (Wildman–Crippen LogP) is 2.01. The van der Waals surface area contributed by atoms with Crippen molar-refractivity contribution < 1.29 is 4.74 Å². The molecule has 2 rings (SSSR count). The lowest BCUT2D eigenvalue weighted by Crippen LogP contribution is -2.66. The van der Waals surface area contributed by atoms with E-state index in [0.29, 0.717) is 5.50 Å². The van der Waals surface area contributed by atoms with Crippen molar-refractivity contribution in [2.24, 2.45) is 0 Å². The van der Waals surface area contributed by atoms with Gasteiger partial charge < -0.3 is 4.74 Å². The summed E-state index contributed by atoms with van der Waals surface area (Å²) >= 11 is 1.89. The number of nitrogens with zero attached hydrogens (tertiary/aromatic N) is 1. The number of hydrogen-bond acceptors (Lipinski definition) is 4. The zero-order valence-electron chi connectivity index (χ0n) is 10.5. The van der Waals surface area contributed by atoms with Gasteiger partial charge in [0, 0.05) is 24.3 Å². The van der Waals surface area contributed by atoms with Crippen LogP contribution in [0, 0.1) is 0 Å². The molecule has 2 unspecified atom stereocenters. The van der Waals surface area contributed by atoms with Gasteiger partial charge in [-0.2, -0.15) is 0 Å². The van der Waals surface area contributed by atoms with Crippen LogP contribution in [0.2, 0.25) is 0 Å². The van der Waals surface area contributed by atoms with Gasteiger partial charge in [-0.05, 0) is 20.8 Å². The third kappa shape index (κ3) is 2.30. The molecule has 0 amide bonds. The topological polar surface area (TPSA) is 24.5 Å². The van der Waals surface area contributed by atoms with Gasteiger partial charge in [0.2, 0.25) is 0 Å². The Morgan fingerprint density at radius 2 is 2.31 bits per heavy atom. The smallest absolute Gasteiger partial charge is 0.122 e. The molecule has 3 nitrogen and oxygen atoms in total. The fourth-order valence-electron chi connectivity index (χ4n) is 2.78. The molecule has 2 heterocycles. The molecule has 2 aliphatic heterocycles. The van der Waals surface area contributed by atoms with E-state index in [9.17, 15) is 0 Å². The van der Waals surface area contributed by atoms with Crippen LogP contribution in [0.4, 0.5) is 0 Å². The minimum atomic E-state index is -0.0897. The van der Waals surface area contributed by atoms with E-state index < -0.39 is 0 Å². The van der Waals surface area contributed by atoms with Crippen LogP contribution in [0.3, 0.4) is 0 Å². The van der Waals surface area contributed by atoms with Crippen molar-refractivity contribution >= 4 is 11.8 Å². The van der Waals surface area contributed by atoms with E-state index in [1.807, 2.05) is 17.8 Å². The summed E-state index contributed by atoms with van der Waals surface area (Å²) in [5.74, 6) is 0.973. The SMILES string of the molecule is C=CCSC1NC(C)(C)CC2(C)OCCN12. The molecule has 0 saturated carbocycles. The molecular formula is C12H22N2OS. The maximum atomic E-state index is 5.94. The first-order valence-electron chi connectivity index (χ1n) is 5.88. The normalized spacial score (nSPS) is 38.3. The minimum absolute atomic E-state index is 0.0897. The number of ether oxygens (including phenoxy) is 1. The second-order valence-electron chi connectivity index (χ2n) is 5.40. The van der Waals surface area contributed by atoms with Crippen molar-refractivity contribution in [1.29, 1.82) is 0 Å². The first-order chi connectivity index (χ1) is 7.47. The Balaban J connectivity index is 2.13. The van der Waals surface area contributed by atoms with Crippen LogP contribution in [0.25, 0.3) is 0 Å². The fraction of sp³-hybridized carbons (Fsp3) is 0.833. The highest BCUT2D eigenvalue weighted by Gasteiger charge is 2.50. The van der Waals surface area contributed by atoms with E-state index >= 15 is 0 Å². The average Bonchev–Trinajstić information content (AvgIpc) is 2.53. The van der Waals surface area contributed by atoms with E-state index in [1.54, 1.807) is 0 Å². The van der Waals surface area contributed by atoms with Gasteiger partial charge in [0.25, 0.3) is 0 Å². The highest BCUT2D eigenvalue weighted by atomic mass is 32.2. The van der Waals surface area contributed by atoms with Gasteiger partial charge in [0.05, 0.1) is 6.61 Å². The molecular weight excluding hydrogens is 220 g/mol. The van der Waals surface area contributed by atoms with Gasteiger partial charge in [-0.3, -0.25) is 5.32 Å². The molecule has 0 aromatic rings. The highest BCUT2D eigenvalue weighted by molar-refractivity contribution is 7.99. The number of nitrogens with one attached hydrogen (secondary N) is 1. The maximum absolute atomic E-state index is 5.94. The Morgan fingerprint density at radius 3 is 3.00 bits per heavy atom. The van der Waals surface area contributed by atoms with E-state index in [-0.39, 0.29) is 11.3 Å². The third-order valence-electron chi connectivity index (χ3n) is 3.29. The Morgan fingerprint density at radius 1 is 1.56 bits per heavy atom. The largest absolute Gasteiger partial charge is 0.359 e. The molecule has 2 fully saturated rings. The summed E-state index contributed by atoms with van der Waals surface area (Å²) in [5, 5.41) is 3.69. The Bertz CT molecular complexity index is 282. The summed E-state index contributed by atoms with van der Waals surface area (Å²) in [7, 11) is 0. The molecule has 2 atom stereocenters. The van der Waals surface area contributed by atoms with E-state index in [2.05, 4.69) is 37.6 Å². The lowest BCUT2D eigenvalue weighted by Gasteiger charge is -2.50. The van der Waals surface area contributed by atoms with Crippen LogP contribution in [0.1, 0.15) is 27.2 Å². The Hall–Kier alpha value is -0.0300. The molecule has 0 radical (unpaired) electrons. The molecule has 92 valence electrons. The highest BCUT2D eigenvalue weighted by Crippen LogP contribution is 2.39. The first kappa shape index (κ1) is 12.4. The van der Waals surface area contributed by atoms with Crippen molar-refractivity contribution in [2.45, 2.75) is 44.0 Å². The van der Waals surface area contributed by atoms with Gasteiger partial charge >= 0.3 is 0 Å². The molecule has 0 aromatic carbocycles. The lowest BCUT2D eigenvalue weighted by atomic mass is 9.91. The van der Waals surface area contributed by atoms with Crippen LogP contribution in [-0.4, -0.2) is 40.6 Å². The van der Waals surface area contributed by atoms with Gasteiger partial charge in [-0.15, -0.1) is 18.3 Å². The van der Waals surface area contributed by atoms with Crippen molar-refractivity contribution in [3.8, 4) is 0 Å². The minimum Gasteiger partial charge on any atom is -0.359 e. The second kappa shape index (κ2) is 4.33. The van der Waals surface area contributed by atoms with Crippen LogP contribution < -0.4 is 5.32 Å². The van der Waals surface area contributed by atoms with Gasteiger partial charge in [-0.1, -0.05) is 6.08 Å². The third-order valence-corrected chi connectivity index (χ3v) is 4.41. The Labute approximate surface area is 103 Å². The summed E-state index contributed by atoms with van der Waals surface area (Å²) in [4.78, 5) is 2.44. The standard InChI is InChI=1S/C12H22N2OS/c1-5-8-16-10-13-11(2,3)9-12(4)14(10)6-7-15-12/h5,10,13H,1,6-9H2,2-4H3. The molecule has 0 aromatic heterocycles. The van der Waals surface area contributed by atoms with Crippen LogP contribution in [0.15, 0.2) is 12.7 Å². The van der Waals surface area contributed by atoms with Crippen LogP contribution in [-0.2, 0) is 4.74 Å². The van der Waals surface area contributed by atoms with E-state index in [0.717, 1.165) is 25.3 Å². The molecule has 1 N–H and O–H groups in total. The number of hydrogen-bond donors (Lipinski definition) is 1. The van der Waals surface area contributed by atoms with Gasteiger partial charge in [0.1, 0.15) is 11.2 Å². The molecule has 0 bridgehead atoms. The van der Waals surface area contributed by atoms with E-state index in [1.165, 1.54) is 0 Å². The average molecular weight is 242 g/mol. The molecule has 16 heavy (non-hydrogen) atoms. The molecule has 4 heteroatoms. The lowest BCUT2D eigenvalue weighted by molar-refractivity contribution is -0.121. The zero-order valence-corrected chi connectivity index (χ0v) is 11.3. The fourth-order valence-corrected chi connectivity index (χ4v) is 4.00.